The summed E-state index contributed by atoms with van der Waals surface area (Å²) in [6, 6.07) is 10.0. The fourth-order valence-electron chi connectivity index (χ4n) is 1.75. The normalized spacial score (nSPS) is 10.3. The lowest BCUT2D eigenvalue weighted by atomic mass is 10.3. The van der Waals surface area contributed by atoms with Crippen molar-refractivity contribution in [2.24, 2.45) is 0 Å². The number of aromatic nitrogens is 3. The number of nitrogens with zero attached hydrogens (tertiary/aromatic N) is 3. The Kier molecular flexibility index (Phi) is 3.38. The molecular weight excluding hydrogens is 273 g/mol. The van der Waals surface area contributed by atoms with Crippen molar-refractivity contribution in [1.29, 1.82) is 0 Å². The number of hydrogen-bond donors (Lipinski definition) is 3. The van der Waals surface area contributed by atoms with Crippen LogP contribution < -0.4 is 10.7 Å². The fraction of sp³-hybridized carbons (Fsp3) is 0. The molecule has 21 heavy (non-hydrogen) atoms. The first kappa shape index (κ1) is 12.9. The van der Waals surface area contributed by atoms with Crippen LogP contribution in [0.5, 0.6) is 5.75 Å². The van der Waals surface area contributed by atoms with Crippen molar-refractivity contribution >= 4 is 17.5 Å². The van der Waals surface area contributed by atoms with E-state index in [1.807, 2.05) is 12.1 Å². The zero-order valence-corrected chi connectivity index (χ0v) is 10.9. The van der Waals surface area contributed by atoms with Crippen LogP contribution in [0.15, 0.2) is 55.0 Å². The molecule has 0 aliphatic carbocycles. The summed E-state index contributed by atoms with van der Waals surface area (Å²) in [4.78, 5) is 7.93. The molecule has 0 saturated heterocycles. The Morgan fingerprint density at radius 2 is 1.95 bits per heavy atom. The predicted octanol–water partition coefficient (Wildman–Crippen LogP) is 2.74. The molecule has 2 aromatic heterocycles. The molecule has 6 nitrogen and oxygen atoms in total. The second-order valence-corrected chi connectivity index (χ2v) is 4.27. The van der Waals surface area contributed by atoms with Crippen molar-refractivity contribution in [3.05, 3.63) is 60.8 Å². The topological polar surface area (TPSA) is 75.0 Å². The molecule has 0 aliphatic heterocycles. The van der Waals surface area contributed by atoms with Gasteiger partial charge in [-0.2, -0.15) is 4.98 Å². The van der Waals surface area contributed by atoms with E-state index in [9.17, 15) is 9.50 Å². The average Bonchev–Trinajstić information content (AvgIpc) is 2.95. The minimum atomic E-state index is -0.587. The molecule has 0 fully saturated rings. The third-order valence-corrected chi connectivity index (χ3v) is 2.69. The average molecular weight is 285 g/mol. The van der Waals surface area contributed by atoms with Crippen LogP contribution >= 0.6 is 0 Å². The Bertz CT molecular complexity index is 745. The molecule has 0 atom stereocenters. The highest BCUT2D eigenvalue weighted by atomic mass is 19.1. The predicted molar refractivity (Wildman–Crippen MR) is 76.8 cm³/mol. The van der Waals surface area contributed by atoms with Crippen molar-refractivity contribution in [1.82, 2.24) is 14.6 Å². The first-order valence-electron chi connectivity index (χ1n) is 6.19. The molecule has 0 aliphatic rings. The van der Waals surface area contributed by atoms with Crippen LogP contribution in [-0.2, 0) is 0 Å². The number of benzene rings is 1. The molecule has 0 unspecified atom stereocenters. The van der Waals surface area contributed by atoms with Gasteiger partial charge in [-0.1, -0.05) is 6.07 Å². The summed E-state index contributed by atoms with van der Waals surface area (Å²) in [6.45, 7) is 0. The maximum atomic E-state index is 13.8. The lowest BCUT2D eigenvalue weighted by Gasteiger charge is -2.10. The molecule has 3 rings (SSSR count). The van der Waals surface area contributed by atoms with Crippen LogP contribution in [0.2, 0.25) is 0 Å². The number of rotatable bonds is 4. The standard InChI is InChI=1S/C14H12FN5O/c15-12-9-16-14(19-20-6-1-2-7-20)18-13(12)17-10-4-3-5-11(21)8-10/h1-9,21H,(H2,16,17,18,19). The van der Waals surface area contributed by atoms with Crippen molar-refractivity contribution in [3.8, 4) is 5.75 Å². The first-order valence-corrected chi connectivity index (χ1v) is 6.19. The molecule has 3 aromatic rings. The summed E-state index contributed by atoms with van der Waals surface area (Å²) in [5.74, 6) is -0.239. The third kappa shape index (κ3) is 3.08. The van der Waals surface area contributed by atoms with E-state index < -0.39 is 5.82 Å². The zero-order valence-electron chi connectivity index (χ0n) is 10.9. The highest BCUT2D eigenvalue weighted by Gasteiger charge is 2.08. The molecule has 106 valence electrons. The molecule has 7 heteroatoms. The summed E-state index contributed by atoms with van der Waals surface area (Å²) >= 11 is 0. The van der Waals surface area contributed by atoms with Crippen LogP contribution in [0.1, 0.15) is 0 Å². The van der Waals surface area contributed by atoms with E-state index >= 15 is 0 Å². The summed E-state index contributed by atoms with van der Waals surface area (Å²) in [6.07, 6.45) is 4.62. The van der Waals surface area contributed by atoms with E-state index in [1.165, 1.54) is 12.1 Å². The SMILES string of the molecule is Oc1cccc(Nc2nc(Nn3cccc3)ncc2F)c1. The number of hydrogen-bond acceptors (Lipinski definition) is 5. The monoisotopic (exact) mass is 285 g/mol. The van der Waals surface area contributed by atoms with Gasteiger partial charge in [0.15, 0.2) is 11.6 Å². The van der Waals surface area contributed by atoms with Gasteiger partial charge in [0, 0.05) is 24.1 Å². The van der Waals surface area contributed by atoms with Crippen molar-refractivity contribution in [2.45, 2.75) is 0 Å². The van der Waals surface area contributed by atoms with E-state index in [4.69, 9.17) is 0 Å². The first-order chi connectivity index (χ1) is 10.2. The van der Waals surface area contributed by atoms with Crippen LogP contribution in [0.4, 0.5) is 21.8 Å². The van der Waals surface area contributed by atoms with Crippen molar-refractivity contribution in [3.63, 3.8) is 0 Å². The minimum absolute atomic E-state index is 0.0188. The molecule has 0 amide bonds. The molecule has 0 spiro atoms. The summed E-state index contributed by atoms with van der Waals surface area (Å²) < 4.78 is 15.4. The maximum absolute atomic E-state index is 13.8. The van der Waals surface area contributed by atoms with Gasteiger partial charge in [-0.3, -0.25) is 10.1 Å². The van der Waals surface area contributed by atoms with E-state index in [-0.39, 0.29) is 17.5 Å². The lowest BCUT2D eigenvalue weighted by molar-refractivity contribution is 0.475. The Hall–Kier alpha value is -3.09. The highest BCUT2D eigenvalue weighted by molar-refractivity contribution is 5.59. The Morgan fingerprint density at radius 1 is 1.14 bits per heavy atom. The van der Waals surface area contributed by atoms with Crippen LogP contribution in [-0.4, -0.2) is 19.8 Å². The molecule has 2 heterocycles. The quantitative estimate of drug-likeness (QED) is 0.687. The second-order valence-electron chi connectivity index (χ2n) is 4.27. The van der Waals surface area contributed by atoms with Crippen LogP contribution in [0, 0.1) is 5.82 Å². The van der Waals surface area contributed by atoms with E-state index in [0.717, 1.165) is 6.20 Å². The fourth-order valence-corrected chi connectivity index (χ4v) is 1.75. The number of nitrogens with one attached hydrogen (secondary N) is 2. The number of phenols is 1. The molecular formula is C14H12FN5O. The van der Waals surface area contributed by atoms with E-state index in [2.05, 4.69) is 20.7 Å². The second kappa shape index (κ2) is 5.49. The van der Waals surface area contributed by atoms with E-state index in [1.54, 1.807) is 29.2 Å². The Morgan fingerprint density at radius 3 is 2.71 bits per heavy atom. The lowest BCUT2D eigenvalue weighted by Crippen LogP contribution is -2.10. The van der Waals surface area contributed by atoms with Gasteiger partial charge in [0.05, 0.1) is 6.20 Å². The Labute approximate surface area is 119 Å². The zero-order chi connectivity index (χ0) is 14.7. The maximum Gasteiger partial charge on any atom is 0.244 e. The molecule has 3 N–H and O–H groups in total. The van der Waals surface area contributed by atoms with Crippen LogP contribution in [0.25, 0.3) is 0 Å². The smallest absolute Gasteiger partial charge is 0.244 e. The van der Waals surface area contributed by atoms with Gasteiger partial charge in [0.2, 0.25) is 5.95 Å². The molecule has 0 bridgehead atoms. The highest BCUT2D eigenvalue weighted by Crippen LogP contribution is 2.21. The number of halogens is 1. The molecule has 1 aromatic carbocycles. The van der Waals surface area contributed by atoms with Gasteiger partial charge in [0.1, 0.15) is 5.75 Å². The minimum Gasteiger partial charge on any atom is -0.508 e. The largest absolute Gasteiger partial charge is 0.508 e. The third-order valence-electron chi connectivity index (χ3n) is 2.69. The van der Waals surface area contributed by atoms with E-state index in [0.29, 0.717) is 5.69 Å². The van der Waals surface area contributed by atoms with Crippen molar-refractivity contribution in [2.75, 3.05) is 10.7 Å². The molecule has 0 radical (unpaired) electrons. The summed E-state index contributed by atoms with van der Waals surface area (Å²) in [7, 11) is 0. The van der Waals surface area contributed by atoms with Crippen molar-refractivity contribution < 1.29 is 9.50 Å². The van der Waals surface area contributed by atoms with Gasteiger partial charge >= 0.3 is 0 Å². The number of aromatic hydroxyl groups is 1. The van der Waals surface area contributed by atoms with Gasteiger partial charge in [-0.05, 0) is 24.3 Å². The Balaban J connectivity index is 1.84. The summed E-state index contributed by atoms with van der Waals surface area (Å²) in [5, 5.41) is 12.2. The summed E-state index contributed by atoms with van der Waals surface area (Å²) in [5.41, 5.74) is 3.41. The number of anilines is 3. The van der Waals surface area contributed by atoms with Gasteiger partial charge in [-0.15, -0.1) is 0 Å². The molecule has 0 saturated carbocycles. The van der Waals surface area contributed by atoms with Gasteiger partial charge in [-0.25, -0.2) is 9.37 Å². The number of phenolic OH excluding ortho intramolecular Hbond substituents is 1. The van der Waals surface area contributed by atoms with Crippen LogP contribution in [0.3, 0.4) is 0 Å². The van der Waals surface area contributed by atoms with Gasteiger partial charge < -0.3 is 10.4 Å². The van der Waals surface area contributed by atoms with Gasteiger partial charge in [0.25, 0.3) is 0 Å².